The van der Waals surface area contributed by atoms with Gasteiger partial charge in [0.2, 0.25) is 0 Å². The van der Waals surface area contributed by atoms with Crippen molar-refractivity contribution < 1.29 is 5.11 Å². The normalized spacial score (nSPS) is 24.7. The zero-order valence-electron chi connectivity index (χ0n) is 12.3. The summed E-state index contributed by atoms with van der Waals surface area (Å²) in [7, 11) is 0. The maximum atomic E-state index is 10.8. The average molecular weight is 268 g/mol. The molecule has 3 rings (SSSR count). The van der Waals surface area contributed by atoms with Crippen molar-refractivity contribution in [2.45, 2.75) is 45.1 Å². The maximum absolute atomic E-state index is 10.8. The zero-order valence-corrected chi connectivity index (χ0v) is 12.3. The van der Waals surface area contributed by atoms with Crippen LogP contribution in [0.3, 0.4) is 0 Å². The van der Waals surface area contributed by atoms with Gasteiger partial charge in [0.15, 0.2) is 0 Å². The molecule has 0 spiro atoms. The van der Waals surface area contributed by atoms with Gasteiger partial charge in [-0.1, -0.05) is 68.7 Å². The summed E-state index contributed by atoms with van der Waals surface area (Å²) in [5.74, 6) is 1.31. The van der Waals surface area contributed by atoms with Crippen molar-refractivity contribution in [1.29, 1.82) is 0 Å². The third kappa shape index (κ3) is 2.60. The van der Waals surface area contributed by atoms with Gasteiger partial charge in [-0.3, -0.25) is 0 Å². The summed E-state index contributed by atoms with van der Waals surface area (Å²) in [6, 6.07) is 14.7. The average Bonchev–Trinajstić information content (AvgIpc) is 2.54. The second kappa shape index (κ2) is 5.97. The zero-order chi connectivity index (χ0) is 13.9. The van der Waals surface area contributed by atoms with Crippen molar-refractivity contribution in [3.8, 4) is 0 Å². The first-order chi connectivity index (χ1) is 9.79. The first-order valence-electron chi connectivity index (χ1n) is 7.95. The number of rotatable bonds is 3. The quantitative estimate of drug-likeness (QED) is 0.822. The molecule has 1 heteroatoms. The molecular weight excluding hydrogens is 244 g/mol. The van der Waals surface area contributed by atoms with E-state index in [4.69, 9.17) is 0 Å². The molecule has 1 nitrogen and oxygen atoms in total. The second-order valence-electron chi connectivity index (χ2n) is 6.20. The first-order valence-corrected chi connectivity index (χ1v) is 7.95. The van der Waals surface area contributed by atoms with Gasteiger partial charge in [-0.05, 0) is 41.0 Å². The lowest BCUT2D eigenvalue weighted by Gasteiger charge is -2.31. The van der Waals surface area contributed by atoms with Crippen LogP contribution < -0.4 is 0 Å². The van der Waals surface area contributed by atoms with E-state index in [-0.39, 0.29) is 6.10 Å². The Morgan fingerprint density at radius 1 is 1.00 bits per heavy atom. The highest BCUT2D eigenvalue weighted by atomic mass is 16.3. The Morgan fingerprint density at radius 3 is 2.45 bits per heavy atom. The molecule has 0 saturated heterocycles. The van der Waals surface area contributed by atoms with Gasteiger partial charge in [-0.2, -0.15) is 0 Å². The van der Waals surface area contributed by atoms with E-state index in [9.17, 15) is 5.11 Å². The molecule has 1 atom stereocenters. The van der Waals surface area contributed by atoms with Crippen LogP contribution in [-0.4, -0.2) is 5.11 Å². The van der Waals surface area contributed by atoms with Crippen molar-refractivity contribution in [3.63, 3.8) is 0 Å². The van der Waals surface area contributed by atoms with Crippen molar-refractivity contribution in [2.75, 3.05) is 0 Å². The molecule has 0 heterocycles. The Labute approximate surface area is 121 Å². The van der Waals surface area contributed by atoms with E-state index in [2.05, 4.69) is 49.4 Å². The largest absolute Gasteiger partial charge is 0.388 e. The third-order valence-corrected chi connectivity index (χ3v) is 5.06. The predicted octanol–water partition coefficient (Wildman–Crippen LogP) is 5.09. The topological polar surface area (TPSA) is 20.2 Å². The first kappa shape index (κ1) is 13.6. The highest BCUT2D eigenvalue weighted by Gasteiger charge is 2.27. The molecule has 0 aromatic heterocycles. The van der Waals surface area contributed by atoms with Gasteiger partial charge >= 0.3 is 0 Å². The van der Waals surface area contributed by atoms with E-state index in [0.717, 1.165) is 11.5 Å². The summed E-state index contributed by atoms with van der Waals surface area (Å²) in [6.45, 7) is 2.28. The monoisotopic (exact) mass is 268 g/mol. The number of benzene rings is 2. The summed E-state index contributed by atoms with van der Waals surface area (Å²) < 4.78 is 0. The molecule has 1 N–H and O–H groups in total. The van der Waals surface area contributed by atoms with Gasteiger partial charge in [0.05, 0.1) is 6.10 Å². The van der Waals surface area contributed by atoms with E-state index < -0.39 is 0 Å². The third-order valence-electron chi connectivity index (χ3n) is 5.06. The fraction of sp³-hybridized carbons (Fsp3) is 0.474. The molecule has 1 unspecified atom stereocenters. The molecule has 1 saturated carbocycles. The van der Waals surface area contributed by atoms with Gasteiger partial charge in [0.1, 0.15) is 0 Å². The highest BCUT2D eigenvalue weighted by molar-refractivity contribution is 5.85. The SMILES string of the molecule is CCC1CCC(C(O)c2cccc3ccccc23)CC1. The standard InChI is InChI=1S/C19H24O/c1-2-14-10-12-16(13-11-14)19(20)18-9-5-7-15-6-3-4-8-17(15)18/h3-9,14,16,19-20H,2,10-13H2,1H3. The van der Waals surface area contributed by atoms with Gasteiger partial charge < -0.3 is 5.11 Å². The molecule has 0 amide bonds. The summed E-state index contributed by atoms with van der Waals surface area (Å²) in [5.41, 5.74) is 1.11. The molecule has 2 aromatic rings. The Bertz CT molecular complexity index is 561. The number of fused-ring (bicyclic) bond motifs is 1. The van der Waals surface area contributed by atoms with E-state index in [1.165, 1.54) is 42.9 Å². The molecule has 0 aliphatic heterocycles. The van der Waals surface area contributed by atoms with Gasteiger partial charge in [-0.25, -0.2) is 0 Å². The van der Waals surface area contributed by atoms with Crippen molar-refractivity contribution in [1.82, 2.24) is 0 Å². The van der Waals surface area contributed by atoms with Crippen LogP contribution in [0.1, 0.15) is 50.7 Å². The highest BCUT2D eigenvalue weighted by Crippen LogP contribution is 2.39. The summed E-state index contributed by atoms with van der Waals surface area (Å²) in [6.07, 6.45) is 5.88. The van der Waals surface area contributed by atoms with E-state index >= 15 is 0 Å². The summed E-state index contributed by atoms with van der Waals surface area (Å²) in [4.78, 5) is 0. The van der Waals surface area contributed by atoms with Crippen LogP contribution in [0, 0.1) is 11.8 Å². The Hall–Kier alpha value is -1.34. The minimum Gasteiger partial charge on any atom is -0.388 e. The fourth-order valence-electron chi connectivity index (χ4n) is 3.67. The molecule has 1 aliphatic carbocycles. The van der Waals surface area contributed by atoms with Crippen LogP contribution in [0.25, 0.3) is 10.8 Å². The molecule has 0 radical (unpaired) electrons. The lowest BCUT2D eigenvalue weighted by atomic mass is 9.76. The minimum atomic E-state index is -0.307. The predicted molar refractivity (Wildman–Crippen MR) is 84.6 cm³/mol. The van der Waals surface area contributed by atoms with Crippen LogP contribution in [0.2, 0.25) is 0 Å². The molecule has 2 aromatic carbocycles. The van der Waals surface area contributed by atoms with Crippen LogP contribution in [0.15, 0.2) is 42.5 Å². The van der Waals surface area contributed by atoms with E-state index in [0.29, 0.717) is 5.92 Å². The lowest BCUT2D eigenvalue weighted by Crippen LogP contribution is -2.20. The van der Waals surface area contributed by atoms with Crippen molar-refractivity contribution >= 4 is 10.8 Å². The molecule has 1 fully saturated rings. The van der Waals surface area contributed by atoms with Gasteiger partial charge in [0, 0.05) is 0 Å². The van der Waals surface area contributed by atoms with Crippen LogP contribution in [-0.2, 0) is 0 Å². The maximum Gasteiger partial charge on any atom is 0.0824 e. The van der Waals surface area contributed by atoms with Crippen LogP contribution in [0.4, 0.5) is 0 Å². The van der Waals surface area contributed by atoms with Crippen LogP contribution >= 0.6 is 0 Å². The Balaban J connectivity index is 1.84. The smallest absolute Gasteiger partial charge is 0.0824 e. The second-order valence-corrected chi connectivity index (χ2v) is 6.20. The number of aliphatic hydroxyl groups is 1. The number of hydrogen-bond donors (Lipinski definition) is 1. The van der Waals surface area contributed by atoms with Crippen molar-refractivity contribution in [2.24, 2.45) is 11.8 Å². The number of hydrogen-bond acceptors (Lipinski definition) is 1. The molecule has 0 bridgehead atoms. The lowest BCUT2D eigenvalue weighted by molar-refractivity contribution is 0.0741. The molecule has 1 aliphatic rings. The summed E-state index contributed by atoms with van der Waals surface area (Å²) in [5, 5.41) is 13.2. The van der Waals surface area contributed by atoms with Crippen molar-refractivity contribution in [3.05, 3.63) is 48.0 Å². The van der Waals surface area contributed by atoms with Crippen LogP contribution in [0.5, 0.6) is 0 Å². The van der Waals surface area contributed by atoms with Gasteiger partial charge in [-0.15, -0.1) is 0 Å². The Kier molecular flexibility index (Phi) is 4.07. The fourth-order valence-corrected chi connectivity index (χ4v) is 3.67. The van der Waals surface area contributed by atoms with E-state index in [1.54, 1.807) is 0 Å². The summed E-state index contributed by atoms with van der Waals surface area (Å²) >= 11 is 0. The molecular formula is C19H24O. The minimum absolute atomic E-state index is 0.307. The van der Waals surface area contributed by atoms with Gasteiger partial charge in [0.25, 0.3) is 0 Å². The Morgan fingerprint density at radius 2 is 1.70 bits per heavy atom. The molecule has 20 heavy (non-hydrogen) atoms. The molecule has 106 valence electrons. The van der Waals surface area contributed by atoms with E-state index in [1.807, 2.05) is 0 Å². The number of aliphatic hydroxyl groups excluding tert-OH is 1.